The predicted octanol–water partition coefficient (Wildman–Crippen LogP) is 3.59. The van der Waals surface area contributed by atoms with Crippen molar-refractivity contribution >= 4 is 23.9 Å². The third-order valence-electron chi connectivity index (χ3n) is 4.71. The molecule has 1 rings (SSSR count). The first-order valence-electron chi connectivity index (χ1n) is 10.2. The molecule has 8 nitrogen and oxygen atoms in total. The number of hydrogen-bond acceptors (Lipinski definition) is 8. The number of carbonyl (C=O) groups is 4. The minimum absolute atomic E-state index is 0.193. The molecule has 0 aliphatic heterocycles. The maximum atomic E-state index is 12.7. The first-order valence-corrected chi connectivity index (χ1v) is 10.2. The van der Waals surface area contributed by atoms with Gasteiger partial charge in [-0.05, 0) is 26.7 Å². The molecule has 1 aliphatic rings. The molecule has 30 heavy (non-hydrogen) atoms. The summed E-state index contributed by atoms with van der Waals surface area (Å²) in [5.74, 6) is -4.00. The molecule has 1 saturated carbocycles. The average molecular weight is 424 g/mol. The van der Waals surface area contributed by atoms with E-state index >= 15 is 0 Å². The number of hydrogen-bond donors (Lipinski definition) is 0. The minimum atomic E-state index is -1.06. The molecule has 1 fully saturated rings. The summed E-state index contributed by atoms with van der Waals surface area (Å²) in [4.78, 5) is 48.8. The van der Waals surface area contributed by atoms with Crippen molar-refractivity contribution in [3.8, 4) is 0 Å². The normalized spacial score (nSPS) is 20.3. The Labute approximate surface area is 177 Å². The molecule has 0 N–H and O–H groups in total. The van der Waals surface area contributed by atoms with Crippen LogP contribution in [0.2, 0.25) is 0 Å². The molecule has 0 spiro atoms. The van der Waals surface area contributed by atoms with Crippen molar-refractivity contribution in [3.63, 3.8) is 0 Å². The van der Waals surface area contributed by atoms with Crippen LogP contribution in [0.25, 0.3) is 0 Å². The highest BCUT2D eigenvalue weighted by Gasteiger charge is 2.40. The van der Waals surface area contributed by atoms with Gasteiger partial charge in [-0.25, -0.2) is 9.59 Å². The number of carbonyl (C=O) groups excluding carboxylic acids is 4. The van der Waals surface area contributed by atoms with Crippen molar-refractivity contribution in [2.45, 2.75) is 78.8 Å². The number of rotatable bonds is 10. The Balaban J connectivity index is 2.80. The van der Waals surface area contributed by atoms with Crippen molar-refractivity contribution in [2.24, 2.45) is 11.8 Å². The second-order valence-electron chi connectivity index (χ2n) is 7.42. The molecule has 0 amide bonds. The minimum Gasteiger partial charge on any atom is -0.425 e. The summed E-state index contributed by atoms with van der Waals surface area (Å²) >= 11 is 0. The second kappa shape index (κ2) is 12.1. The van der Waals surface area contributed by atoms with Crippen LogP contribution >= 0.6 is 0 Å². The van der Waals surface area contributed by atoms with Gasteiger partial charge in [0.15, 0.2) is 0 Å². The van der Waals surface area contributed by atoms with E-state index in [1.54, 1.807) is 13.8 Å². The monoisotopic (exact) mass is 424 g/mol. The molecular formula is C22H32O8. The van der Waals surface area contributed by atoms with Crippen molar-refractivity contribution < 1.29 is 38.1 Å². The van der Waals surface area contributed by atoms with Crippen LogP contribution in [0.5, 0.6) is 0 Å². The summed E-state index contributed by atoms with van der Waals surface area (Å²) in [6, 6.07) is 0. The van der Waals surface area contributed by atoms with E-state index < -0.39 is 48.3 Å². The SMILES string of the molecule is C=C(C)C(=O)OC(CC)OC(=O)C1CCCCC1C(=O)OC(CC)OC(=O)C(=C)C. The Hall–Kier alpha value is -2.64. The largest absolute Gasteiger partial charge is 0.425 e. The highest BCUT2D eigenvalue weighted by Crippen LogP contribution is 2.33. The summed E-state index contributed by atoms with van der Waals surface area (Å²) in [6.45, 7) is 13.4. The van der Waals surface area contributed by atoms with E-state index in [0.29, 0.717) is 12.8 Å². The van der Waals surface area contributed by atoms with Crippen molar-refractivity contribution in [1.82, 2.24) is 0 Å². The molecule has 0 saturated heterocycles. The van der Waals surface area contributed by atoms with Crippen molar-refractivity contribution in [3.05, 3.63) is 24.3 Å². The van der Waals surface area contributed by atoms with E-state index in [0.717, 1.165) is 12.8 Å². The highest BCUT2D eigenvalue weighted by atomic mass is 16.7. The topological polar surface area (TPSA) is 105 Å². The van der Waals surface area contributed by atoms with Crippen molar-refractivity contribution in [2.75, 3.05) is 0 Å². The fourth-order valence-corrected chi connectivity index (χ4v) is 2.95. The van der Waals surface area contributed by atoms with Crippen LogP contribution in [-0.4, -0.2) is 36.5 Å². The molecular weight excluding hydrogens is 392 g/mol. The van der Waals surface area contributed by atoms with Gasteiger partial charge in [0.25, 0.3) is 0 Å². The molecule has 0 aromatic carbocycles. The molecule has 168 valence electrons. The fraction of sp³-hybridized carbons (Fsp3) is 0.636. The Morgan fingerprint density at radius 1 is 0.733 bits per heavy atom. The van der Waals surface area contributed by atoms with Gasteiger partial charge in [0.1, 0.15) is 0 Å². The summed E-state index contributed by atoms with van der Waals surface area (Å²) < 4.78 is 20.9. The zero-order valence-corrected chi connectivity index (χ0v) is 18.2. The summed E-state index contributed by atoms with van der Waals surface area (Å²) in [5.41, 5.74) is 0.386. The van der Waals surface area contributed by atoms with E-state index in [2.05, 4.69) is 13.2 Å². The smallest absolute Gasteiger partial charge is 0.336 e. The maximum Gasteiger partial charge on any atom is 0.336 e. The predicted molar refractivity (Wildman–Crippen MR) is 108 cm³/mol. The quantitative estimate of drug-likeness (QED) is 0.298. The second-order valence-corrected chi connectivity index (χ2v) is 7.42. The Morgan fingerprint density at radius 2 is 1.07 bits per heavy atom. The highest BCUT2D eigenvalue weighted by molar-refractivity contribution is 5.88. The molecule has 1 aliphatic carbocycles. The van der Waals surface area contributed by atoms with E-state index in [1.807, 2.05) is 0 Å². The molecule has 0 bridgehead atoms. The van der Waals surface area contributed by atoms with Gasteiger partial charge < -0.3 is 18.9 Å². The molecule has 4 atom stereocenters. The van der Waals surface area contributed by atoms with Gasteiger partial charge in [-0.2, -0.15) is 0 Å². The van der Waals surface area contributed by atoms with Crippen LogP contribution in [0, 0.1) is 11.8 Å². The van der Waals surface area contributed by atoms with Gasteiger partial charge in [-0.15, -0.1) is 0 Å². The third kappa shape index (κ3) is 7.65. The van der Waals surface area contributed by atoms with Crippen LogP contribution in [0.4, 0.5) is 0 Å². The lowest BCUT2D eigenvalue weighted by molar-refractivity contribution is -0.200. The first-order chi connectivity index (χ1) is 14.1. The first kappa shape index (κ1) is 25.4. The van der Waals surface area contributed by atoms with Gasteiger partial charge in [0, 0.05) is 24.0 Å². The Kier molecular flexibility index (Phi) is 10.3. The van der Waals surface area contributed by atoms with Gasteiger partial charge >= 0.3 is 23.9 Å². The van der Waals surface area contributed by atoms with E-state index in [-0.39, 0.29) is 24.0 Å². The summed E-state index contributed by atoms with van der Waals surface area (Å²) in [5, 5.41) is 0. The van der Waals surface area contributed by atoms with Crippen LogP contribution < -0.4 is 0 Å². The van der Waals surface area contributed by atoms with Crippen LogP contribution in [0.1, 0.15) is 66.2 Å². The van der Waals surface area contributed by atoms with Crippen LogP contribution in [-0.2, 0) is 38.1 Å². The van der Waals surface area contributed by atoms with Crippen LogP contribution in [0.15, 0.2) is 24.3 Å². The van der Waals surface area contributed by atoms with E-state index in [9.17, 15) is 19.2 Å². The molecule has 4 unspecified atom stereocenters. The average Bonchev–Trinajstić information content (AvgIpc) is 2.71. The molecule has 0 aromatic rings. The maximum absolute atomic E-state index is 12.7. The summed E-state index contributed by atoms with van der Waals surface area (Å²) in [6.07, 6.45) is 0.836. The van der Waals surface area contributed by atoms with Crippen molar-refractivity contribution in [1.29, 1.82) is 0 Å². The lowest BCUT2D eigenvalue weighted by Crippen LogP contribution is -2.39. The number of esters is 4. The fourth-order valence-electron chi connectivity index (χ4n) is 2.95. The van der Waals surface area contributed by atoms with Crippen LogP contribution in [0.3, 0.4) is 0 Å². The molecule has 0 heterocycles. The van der Waals surface area contributed by atoms with Gasteiger partial charge in [0.05, 0.1) is 11.8 Å². The molecule has 0 radical (unpaired) electrons. The number of ether oxygens (including phenoxy) is 4. The summed E-state index contributed by atoms with van der Waals surface area (Å²) in [7, 11) is 0. The lowest BCUT2D eigenvalue weighted by atomic mass is 9.79. The van der Waals surface area contributed by atoms with Gasteiger partial charge in [-0.1, -0.05) is 39.8 Å². The zero-order chi connectivity index (χ0) is 22.8. The zero-order valence-electron chi connectivity index (χ0n) is 18.2. The molecule has 8 heteroatoms. The van der Waals surface area contributed by atoms with Gasteiger partial charge in [0.2, 0.25) is 12.6 Å². The Bertz CT molecular complexity index is 623. The molecule has 0 aromatic heterocycles. The van der Waals surface area contributed by atoms with Gasteiger partial charge in [-0.3, -0.25) is 9.59 Å². The Morgan fingerprint density at radius 3 is 1.33 bits per heavy atom. The van der Waals surface area contributed by atoms with E-state index in [4.69, 9.17) is 18.9 Å². The lowest BCUT2D eigenvalue weighted by Gasteiger charge is -2.30. The standard InChI is InChI=1S/C22H32O8/c1-7-17(27-19(23)13(3)4)29-21(25)15-11-9-10-12-16(15)22(26)30-18(8-2)28-20(24)14(5)6/h15-18H,3,5,7-12H2,1-2,4,6H3. The third-order valence-corrected chi connectivity index (χ3v) is 4.71. The van der Waals surface area contributed by atoms with E-state index in [1.165, 1.54) is 13.8 Å².